The first-order valence-corrected chi connectivity index (χ1v) is 12.4. The van der Waals surface area contributed by atoms with E-state index in [1.807, 2.05) is 12.1 Å². The minimum atomic E-state index is -1.27. The monoisotopic (exact) mass is 531 g/mol. The van der Waals surface area contributed by atoms with E-state index in [4.69, 9.17) is 9.47 Å². The number of para-hydroxylation sites is 1. The number of hydrogen-bond donors (Lipinski definition) is 1. The van der Waals surface area contributed by atoms with Crippen molar-refractivity contribution >= 4 is 23.7 Å². The zero-order valence-electron chi connectivity index (χ0n) is 20.9. The maximum Gasteiger partial charge on any atom is 0.350 e. The molecule has 0 bridgehead atoms. The summed E-state index contributed by atoms with van der Waals surface area (Å²) >= 11 is 0. The highest BCUT2D eigenvalue weighted by Crippen LogP contribution is 2.34. The van der Waals surface area contributed by atoms with Crippen molar-refractivity contribution < 1.29 is 33.0 Å². The Balaban J connectivity index is 1.28. The fraction of sp³-hybridized carbons (Fsp3) is 0.241. The van der Waals surface area contributed by atoms with Gasteiger partial charge in [-0.25, -0.2) is 9.18 Å². The molecule has 2 fully saturated rings. The molecule has 2 aliphatic heterocycles. The van der Waals surface area contributed by atoms with Crippen LogP contribution in [0.3, 0.4) is 0 Å². The van der Waals surface area contributed by atoms with Crippen molar-refractivity contribution in [3.8, 4) is 5.75 Å². The fourth-order valence-corrected chi connectivity index (χ4v) is 4.71. The molecule has 0 spiro atoms. The van der Waals surface area contributed by atoms with E-state index in [0.717, 1.165) is 5.56 Å². The van der Waals surface area contributed by atoms with Gasteiger partial charge in [0.1, 0.15) is 24.2 Å². The van der Waals surface area contributed by atoms with Gasteiger partial charge in [0.25, 0.3) is 5.91 Å². The minimum Gasteiger partial charge on any atom is -0.484 e. The number of amides is 3. The average Bonchev–Trinajstić information content (AvgIpc) is 3.32. The van der Waals surface area contributed by atoms with E-state index in [2.05, 4.69) is 5.32 Å². The van der Waals surface area contributed by atoms with Crippen LogP contribution in [0.25, 0.3) is 0 Å². The molecule has 9 nitrogen and oxygen atoms in total. The summed E-state index contributed by atoms with van der Waals surface area (Å²) in [5.74, 6) is -2.10. The Morgan fingerprint density at radius 3 is 2.26 bits per heavy atom. The van der Waals surface area contributed by atoms with Crippen LogP contribution in [0.5, 0.6) is 5.75 Å². The van der Waals surface area contributed by atoms with Crippen LogP contribution in [-0.2, 0) is 36.9 Å². The van der Waals surface area contributed by atoms with Crippen molar-refractivity contribution in [3.05, 3.63) is 102 Å². The van der Waals surface area contributed by atoms with Crippen molar-refractivity contribution in [3.63, 3.8) is 0 Å². The molecule has 0 aliphatic carbocycles. The molecule has 3 atom stereocenters. The lowest BCUT2D eigenvalue weighted by molar-refractivity contribution is -0.170. The van der Waals surface area contributed by atoms with E-state index < -0.39 is 47.8 Å². The Morgan fingerprint density at radius 2 is 1.56 bits per heavy atom. The van der Waals surface area contributed by atoms with Crippen molar-refractivity contribution in [1.29, 1.82) is 0 Å². The standard InChI is InChI=1S/C29H26FN3O6/c30-21-13-11-19(12-14-21)15-25(35)32-16-23-26(31-24(34)18-38-22-9-5-2-6-10-22)28(36)33(23)27(32)29(37)39-17-20-7-3-1-4-8-20/h1-14,23,26-27H,15-18H2,(H,31,34)/t23?,26-,27?/m0/s1. The van der Waals surface area contributed by atoms with Crippen molar-refractivity contribution in [2.75, 3.05) is 13.2 Å². The van der Waals surface area contributed by atoms with Gasteiger partial charge in [-0.15, -0.1) is 0 Å². The van der Waals surface area contributed by atoms with Gasteiger partial charge in [-0.3, -0.25) is 14.4 Å². The summed E-state index contributed by atoms with van der Waals surface area (Å²) < 4.78 is 24.3. The molecule has 3 aromatic rings. The van der Waals surface area contributed by atoms with Gasteiger partial charge in [-0.1, -0.05) is 60.7 Å². The van der Waals surface area contributed by atoms with Crippen LogP contribution in [0.4, 0.5) is 4.39 Å². The highest BCUT2D eigenvalue weighted by Gasteiger charge is 2.61. The highest BCUT2D eigenvalue weighted by molar-refractivity contribution is 5.99. The van der Waals surface area contributed by atoms with E-state index in [0.29, 0.717) is 11.3 Å². The van der Waals surface area contributed by atoms with Gasteiger partial charge in [-0.05, 0) is 35.4 Å². The van der Waals surface area contributed by atoms with Crippen molar-refractivity contribution in [2.45, 2.75) is 31.3 Å². The summed E-state index contributed by atoms with van der Waals surface area (Å²) in [6.07, 6.45) is -1.37. The summed E-state index contributed by atoms with van der Waals surface area (Å²) in [5.41, 5.74) is 1.31. The second kappa shape index (κ2) is 11.3. The summed E-state index contributed by atoms with van der Waals surface area (Å²) in [5, 5.41) is 2.65. The van der Waals surface area contributed by atoms with Gasteiger partial charge in [0.15, 0.2) is 6.61 Å². The van der Waals surface area contributed by atoms with E-state index in [-0.39, 0.29) is 26.2 Å². The molecular formula is C29H26FN3O6. The average molecular weight is 532 g/mol. The van der Waals surface area contributed by atoms with E-state index in [9.17, 15) is 23.6 Å². The molecule has 0 aromatic heterocycles. The topological polar surface area (TPSA) is 105 Å². The third-order valence-electron chi connectivity index (χ3n) is 6.66. The van der Waals surface area contributed by atoms with Gasteiger partial charge in [-0.2, -0.15) is 0 Å². The molecule has 0 saturated carbocycles. The van der Waals surface area contributed by atoms with Gasteiger partial charge in [0, 0.05) is 6.54 Å². The highest BCUT2D eigenvalue weighted by atomic mass is 19.1. The van der Waals surface area contributed by atoms with Crippen LogP contribution < -0.4 is 10.1 Å². The van der Waals surface area contributed by atoms with E-state index >= 15 is 0 Å². The third-order valence-corrected chi connectivity index (χ3v) is 6.66. The lowest BCUT2D eigenvalue weighted by Gasteiger charge is -2.43. The Bertz CT molecular complexity index is 1350. The second-order valence-electron chi connectivity index (χ2n) is 9.28. The largest absolute Gasteiger partial charge is 0.484 e. The number of hydrogen-bond acceptors (Lipinski definition) is 6. The van der Waals surface area contributed by atoms with Crippen molar-refractivity contribution in [1.82, 2.24) is 15.1 Å². The van der Waals surface area contributed by atoms with Crippen LogP contribution >= 0.6 is 0 Å². The molecule has 2 saturated heterocycles. The molecular weight excluding hydrogens is 505 g/mol. The predicted octanol–water partition coefficient (Wildman–Crippen LogP) is 2.05. The molecule has 5 rings (SSSR count). The normalized spacial score (nSPS) is 19.6. The molecule has 39 heavy (non-hydrogen) atoms. The Morgan fingerprint density at radius 1 is 0.897 bits per heavy atom. The lowest BCUT2D eigenvalue weighted by atomic mass is 9.96. The molecule has 3 aromatic carbocycles. The van der Waals surface area contributed by atoms with Crippen LogP contribution in [0.2, 0.25) is 0 Å². The quantitative estimate of drug-likeness (QED) is 0.335. The molecule has 2 unspecified atom stereocenters. The summed E-state index contributed by atoms with van der Waals surface area (Å²) in [6.45, 7) is -0.294. The summed E-state index contributed by atoms with van der Waals surface area (Å²) in [7, 11) is 0. The minimum absolute atomic E-state index is 0.0279. The maximum atomic E-state index is 13.3. The Hall–Kier alpha value is -4.73. The van der Waals surface area contributed by atoms with Crippen LogP contribution in [0, 0.1) is 5.82 Å². The summed E-state index contributed by atoms with van der Waals surface area (Å²) in [4.78, 5) is 54.6. The smallest absolute Gasteiger partial charge is 0.350 e. The SMILES string of the molecule is O=C(COc1ccccc1)N[C@@H]1C(=O)N2C1CN(C(=O)Cc1ccc(F)cc1)C2C(=O)OCc1ccccc1. The molecule has 3 amide bonds. The molecule has 1 N–H and O–H groups in total. The first-order chi connectivity index (χ1) is 18.9. The number of nitrogens with zero attached hydrogens (tertiary/aromatic N) is 2. The lowest BCUT2D eigenvalue weighted by Crippen LogP contribution is -2.71. The number of rotatable bonds is 9. The second-order valence-corrected chi connectivity index (χ2v) is 9.28. The molecule has 200 valence electrons. The molecule has 2 aliphatic rings. The Labute approximate surface area is 224 Å². The zero-order valence-corrected chi connectivity index (χ0v) is 20.9. The van der Waals surface area contributed by atoms with Crippen LogP contribution in [0.15, 0.2) is 84.9 Å². The van der Waals surface area contributed by atoms with Gasteiger partial charge in [0.05, 0.1) is 12.5 Å². The van der Waals surface area contributed by atoms with E-state index in [1.54, 1.807) is 48.5 Å². The predicted molar refractivity (Wildman–Crippen MR) is 136 cm³/mol. The number of β-lactam (4-membered cyclic amide) rings is 1. The fourth-order valence-electron chi connectivity index (χ4n) is 4.71. The molecule has 0 radical (unpaired) electrons. The van der Waals surface area contributed by atoms with Gasteiger partial charge >= 0.3 is 5.97 Å². The molecule has 10 heteroatoms. The third kappa shape index (κ3) is 5.74. The number of halogens is 1. The number of nitrogens with one attached hydrogen (secondary N) is 1. The maximum absolute atomic E-state index is 13.3. The number of esters is 1. The first kappa shape index (κ1) is 25.9. The number of carbonyl (C=O) groups is 4. The van der Waals surface area contributed by atoms with Crippen molar-refractivity contribution in [2.24, 2.45) is 0 Å². The number of ether oxygens (including phenoxy) is 2. The Kier molecular flexibility index (Phi) is 7.53. The number of fused-ring (bicyclic) bond motifs is 1. The first-order valence-electron chi connectivity index (χ1n) is 12.4. The van der Waals surface area contributed by atoms with Gasteiger partial charge in [0.2, 0.25) is 18.0 Å². The van der Waals surface area contributed by atoms with E-state index in [1.165, 1.54) is 34.1 Å². The zero-order chi connectivity index (χ0) is 27.4. The number of carbonyl (C=O) groups excluding carboxylic acids is 4. The molecule has 2 heterocycles. The van der Waals surface area contributed by atoms with Crippen LogP contribution in [-0.4, -0.2) is 64.9 Å². The summed E-state index contributed by atoms with van der Waals surface area (Å²) in [6, 6.07) is 21.8. The van der Waals surface area contributed by atoms with Gasteiger partial charge < -0.3 is 24.6 Å². The number of benzene rings is 3. The van der Waals surface area contributed by atoms with Crippen LogP contribution in [0.1, 0.15) is 11.1 Å².